The molecule has 0 heterocycles. The highest BCUT2D eigenvalue weighted by atomic mass is 16.6. The van der Waals surface area contributed by atoms with E-state index in [0.29, 0.717) is 24.1 Å². The maximum absolute atomic E-state index is 14.6. The number of aryl methyl sites for hydroxylation is 2. The number of alkyl carbamates (subject to hydrolysis) is 1. The number of amides is 3. The molecule has 40 heavy (non-hydrogen) atoms. The van der Waals surface area contributed by atoms with Crippen molar-refractivity contribution in [2.24, 2.45) is 5.92 Å². The predicted octanol–water partition coefficient (Wildman–Crippen LogP) is 6.65. The van der Waals surface area contributed by atoms with Crippen LogP contribution in [-0.4, -0.2) is 45.1 Å². The average Bonchev–Trinajstić information content (AvgIpc) is 2.85. The van der Waals surface area contributed by atoms with Gasteiger partial charge in [-0.15, -0.1) is 0 Å². The number of carbonyl (C=O) groups excluding carboxylic acids is 3. The van der Waals surface area contributed by atoms with Crippen molar-refractivity contribution in [3.63, 3.8) is 0 Å². The Hall–Kier alpha value is -3.55. The molecule has 3 atom stereocenters. The van der Waals surface area contributed by atoms with Crippen LogP contribution in [0.15, 0.2) is 42.5 Å². The molecule has 0 fully saturated rings. The van der Waals surface area contributed by atoms with Crippen molar-refractivity contribution in [2.75, 3.05) is 5.32 Å². The molecule has 0 aliphatic carbocycles. The monoisotopic (exact) mass is 553 g/mol. The van der Waals surface area contributed by atoms with E-state index in [0.717, 1.165) is 11.1 Å². The number of hydrogen-bond acceptors (Lipinski definition) is 5. The smallest absolute Gasteiger partial charge is 0.408 e. The summed E-state index contributed by atoms with van der Waals surface area (Å²) in [7, 11) is 0. The zero-order valence-electron chi connectivity index (χ0n) is 25.7. The average molecular weight is 554 g/mol. The summed E-state index contributed by atoms with van der Waals surface area (Å²) in [6, 6.07) is 10.1. The fraction of sp³-hybridized carbons (Fsp3) is 0.531. The van der Waals surface area contributed by atoms with Crippen LogP contribution in [0.25, 0.3) is 0 Å². The zero-order valence-corrected chi connectivity index (χ0v) is 25.7. The standard InChI is InChI=1S/C32H47N3O5/c1-11-20(3)26(34-30(39)40-31(6,7)8)29(38)35(32(9,10)12-2)27(23-17-14-18-24(36)19-23)28(37)33-25-21(4)15-13-16-22(25)5/h13-20,26-27,36H,11-12H2,1-10H3,(H,33,37)(H,34,39). The summed E-state index contributed by atoms with van der Waals surface area (Å²) in [5.41, 5.74) is 1.36. The van der Waals surface area contributed by atoms with Gasteiger partial charge >= 0.3 is 6.09 Å². The second kappa shape index (κ2) is 13.2. The quantitative estimate of drug-likeness (QED) is 0.305. The van der Waals surface area contributed by atoms with Crippen LogP contribution in [0.2, 0.25) is 0 Å². The van der Waals surface area contributed by atoms with Crippen LogP contribution in [0.3, 0.4) is 0 Å². The van der Waals surface area contributed by atoms with Gasteiger partial charge in [0.2, 0.25) is 5.91 Å². The van der Waals surface area contributed by atoms with E-state index in [1.807, 2.05) is 66.7 Å². The molecular formula is C32H47N3O5. The Balaban J connectivity index is 2.70. The first-order chi connectivity index (χ1) is 18.5. The summed E-state index contributed by atoms with van der Waals surface area (Å²) < 4.78 is 5.49. The van der Waals surface area contributed by atoms with Gasteiger partial charge in [-0.2, -0.15) is 0 Å². The van der Waals surface area contributed by atoms with Gasteiger partial charge in [0.05, 0.1) is 0 Å². The van der Waals surface area contributed by atoms with E-state index >= 15 is 0 Å². The lowest BCUT2D eigenvalue weighted by Gasteiger charge is -2.45. The number of nitrogens with one attached hydrogen (secondary N) is 2. The molecule has 2 rings (SSSR count). The number of nitrogens with zero attached hydrogens (tertiary/aromatic N) is 1. The third kappa shape index (κ3) is 8.23. The third-order valence-corrected chi connectivity index (χ3v) is 7.33. The number of phenols is 1. The summed E-state index contributed by atoms with van der Waals surface area (Å²) in [5.74, 6) is -1.09. The summed E-state index contributed by atoms with van der Waals surface area (Å²) in [6.07, 6.45) is 0.442. The van der Waals surface area contributed by atoms with Crippen LogP contribution in [0.4, 0.5) is 10.5 Å². The summed E-state index contributed by atoms with van der Waals surface area (Å²) in [6.45, 7) is 18.7. The van der Waals surface area contributed by atoms with Crippen molar-refractivity contribution < 1.29 is 24.2 Å². The van der Waals surface area contributed by atoms with E-state index in [1.165, 1.54) is 12.1 Å². The Morgan fingerprint density at radius 1 is 0.975 bits per heavy atom. The van der Waals surface area contributed by atoms with Crippen molar-refractivity contribution in [2.45, 2.75) is 105 Å². The van der Waals surface area contributed by atoms with Gasteiger partial charge in [-0.3, -0.25) is 9.59 Å². The van der Waals surface area contributed by atoms with Crippen molar-refractivity contribution >= 4 is 23.6 Å². The molecular weight excluding hydrogens is 506 g/mol. The van der Waals surface area contributed by atoms with Gasteiger partial charge in [0.15, 0.2) is 0 Å². The minimum absolute atomic E-state index is 0.0190. The molecule has 0 spiro atoms. The van der Waals surface area contributed by atoms with E-state index < -0.39 is 41.1 Å². The number of para-hydroxylation sites is 1. The maximum Gasteiger partial charge on any atom is 0.408 e. The van der Waals surface area contributed by atoms with Gasteiger partial charge < -0.3 is 25.4 Å². The number of rotatable bonds is 10. The largest absolute Gasteiger partial charge is 0.508 e. The van der Waals surface area contributed by atoms with Crippen LogP contribution < -0.4 is 10.6 Å². The van der Waals surface area contributed by atoms with Crippen molar-refractivity contribution in [3.05, 3.63) is 59.2 Å². The Labute approximate surface area is 239 Å². The van der Waals surface area contributed by atoms with Crippen LogP contribution >= 0.6 is 0 Å². The Kier molecular flexibility index (Phi) is 10.8. The molecule has 3 N–H and O–H groups in total. The molecule has 2 aromatic carbocycles. The molecule has 0 bridgehead atoms. The molecule has 3 amide bonds. The molecule has 0 aliphatic rings. The predicted molar refractivity (Wildman–Crippen MR) is 159 cm³/mol. The highest BCUT2D eigenvalue weighted by Gasteiger charge is 2.44. The number of anilines is 1. The first-order valence-electron chi connectivity index (χ1n) is 14.0. The van der Waals surface area contributed by atoms with Crippen molar-refractivity contribution in [1.82, 2.24) is 10.2 Å². The van der Waals surface area contributed by atoms with Crippen molar-refractivity contribution in [1.29, 1.82) is 0 Å². The van der Waals surface area contributed by atoms with E-state index in [2.05, 4.69) is 10.6 Å². The second-order valence-corrected chi connectivity index (χ2v) is 12.1. The van der Waals surface area contributed by atoms with Gasteiger partial charge in [-0.25, -0.2) is 4.79 Å². The van der Waals surface area contributed by atoms with Gasteiger partial charge in [0, 0.05) is 11.2 Å². The number of carbonyl (C=O) groups is 3. The van der Waals surface area contributed by atoms with Crippen LogP contribution in [0, 0.1) is 19.8 Å². The van der Waals surface area contributed by atoms with E-state index in [-0.39, 0.29) is 11.7 Å². The maximum atomic E-state index is 14.6. The topological polar surface area (TPSA) is 108 Å². The lowest BCUT2D eigenvalue weighted by Crippen LogP contribution is -2.60. The van der Waals surface area contributed by atoms with Crippen LogP contribution in [0.1, 0.15) is 91.0 Å². The third-order valence-electron chi connectivity index (χ3n) is 7.33. The van der Waals surface area contributed by atoms with E-state index in [9.17, 15) is 19.5 Å². The van der Waals surface area contributed by atoms with Gasteiger partial charge in [0.25, 0.3) is 5.91 Å². The van der Waals surface area contributed by atoms with Gasteiger partial charge in [0.1, 0.15) is 23.4 Å². The second-order valence-electron chi connectivity index (χ2n) is 12.1. The van der Waals surface area contributed by atoms with E-state index in [1.54, 1.807) is 37.8 Å². The highest BCUT2D eigenvalue weighted by Crippen LogP contribution is 2.35. The van der Waals surface area contributed by atoms with Crippen molar-refractivity contribution in [3.8, 4) is 5.75 Å². The lowest BCUT2D eigenvalue weighted by atomic mass is 9.89. The number of benzene rings is 2. The van der Waals surface area contributed by atoms with Crippen LogP contribution in [-0.2, 0) is 14.3 Å². The fourth-order valence-corrected chi connectivity index (χ4v) is 4.53. The summed E-state index contributed by atoms with van der Waals surface area (Å²) in [5, 5.41) is 16.2. The minimum atomic E-state index is -1.10. The Morgan fingerprint density at radius 3 is 2.05 bits per heavy atom. The number of aromatic hydroxyl groups is 1. The molecule has 8 heteroatoms. The first-order valence-corrected chi connectivity index (χ1v) is 14.0. The SMILES string of the molecule is CCC(C)C(NC(=O)OC(C)(C)C)C(=O)N(C(C(=O)Nc1c(C)cccc1C)c1cccc(O)c1)C(C)(C)CC. The molecule has 3 unspecified atom stereocenters. The molecule has 0 aliphatic heterocycles. The normalized spacial score (nSPS) is 14.1. The van der Waals surface area contributed by atoms with Crippen LogP contribution in [0.5, 0.6) is 5.75 Å². The molecule has 0 saturated heterocycles. The molecule has 0 radical (unpaired) electrons. The summed E-state index contributed by atoms with van der Waals surface area (Å²) in [4.78, 5) is 43.2. The number of ether oxygens (including phenoxy) is 1. The Morgan fingerprint density at radius 2 is 1.55 bits per heavy atom. The molecule has 220 valence electrons. The zero-order chi connectivity index (χ0) is 30.4. The molecule has 0 aromatic heterocycles. The fourth-order valence-electron chi connectivity index (χ4n) is 4.53. The van der Waals surface area contributed by atoms with Gasteiger partial charge in [-0.05, 0) is 89.6 Å². The first kappa shape index (κ1) is 32.7. The Bertz CT molecular complexity index is 1180. The summed E-state index contributed by atoms with van der Waals surface area (Å²) >= 11 is 0. The minimum Gasteiger partial charge on any atom is -0.508 e. The number of hydrogen-bond donors (Lipinski definition) is 3. The van der Waals surface area contributed by atoms with Gasteiger partial charge in [-0.1, -0.05) is 57.5 Å². The molecule has 2 aromatic rings. The number of phenolic OH excluding ortho intramolecular Hbond substituents is 1. The highest BCUT2D eigenvalue weighted by molar-refractivity contribution is 6.00. The van der Waals surface area contributed by atoms with E-state index in [4.69, 9.17) is 4.74 Å². The lowest BCUT2D eigenvalue weighted by molar-refractivity contribution is -0.148. The molecule has 0 saturated carbocycles. The molecule has 8 nitrogen and oxygen atoms in total.